The summed E-state index contributed by atoms with van der Waals surface area (Å²) in [6.45, 7) is 2.72. The summed E-state index contributed by atoms with van der Waals surface area (Å²) < 4.78 is 15.5. The Bertz CT molecular complexity index is 1100. The zero-order chi connectivity index (χ0) is 23.5. The topological polar surface area (TPSA) is 94.2 Å². The number of ether oxygens (including phenoxy) is 3. The first-order valence-electron chi connectivity index (χ1n) is 9.69. The van der Waals surface area contributed by atoms with E-state index in [4.69, 9.17) is 25.8 Å². The Morgan fingerprint density at radius 1 is 1.16 bits per heavy atom. The van der Waals surface area contributed by atoms with Gasteiger partial charge in [-0.15, -0.1) is 0 Å². The molecule has 32 heavy (non-hydrogen) atoms. The molecular formula is C23H23ClN2O6. The quantitative estimate of drug-likeness (QED) is 0.524. The maximum absolute atomic E-state index is 12.9. The highest BCUT2D eigenvalue weighted by Crippen LogP contribution is 2.37. The monoisotopic (exact) mass is 458 g/mol. The lowest BCUT2D eigenvalue weighted by atomic mass is 9.96. The van der Waals surface area contributed by atoms with Gasteiger partial charge in [-0.1, -0.05) is 23.7 Å². The van der Waals surface area contributed by atoms with Crippen LogP contribution in [0.4, 0.5) is 11.4 Å². The lowest BCUT2D eigenvalue weighted by Gasteiger charge is -2.41. The van der Waals surface area contributed by atoms with Crippen molar-refractivity contribution in [2.45, 2.75) is 19.4 Å². The van der Waals surface area contributed by atoms with E-state index in [0.717, 1.165) is 0 Å². The number of fused-ring (bicyclic) bond motifs is 1. The number of nitrogens with one attached hydrogen (secondary N) is 1. The number of benzene rings is 2. The molecule has 0 saturated heterocycles. The molecule has 1 heterocycles. The van der Waals surface area contributed by atoms with Gasteiger partial charge >= 0.3 is 5.97 Å². The SMILES string of the molecule is COc1cc(/C=C/C(=O)OCC(=O)N2c3ccccc3NC(=O)C2(C)C)cc(Cl)c1OC. The number of amides is 2. The largest absolute Gasteiger partial charge is 0.493 e. The summed E-state index contributed by atoms with van der Waals surface area (Å²) in [5.41, 5.74) is 0.485. The summed E-state index contributed by atoms with van der Waals surface area (Å²) in [5, 5.41) is 3.10. The molecule has 3 rings (SSSR count). The van der Waals surface area contributed by atoms with Crippen molar-refractivity contribution in [3.63, 3.8) is 0 Å². The minimum atomic E-state index is -1.15. The van der Waals surface area contributed by atoms with Gasteiger partial charge in [0.15, 0.2) is 18.1 Å². The standard InChI is InChI=1S/C23H23ClN2O6/c1-23(2)22(29)25-16-7-5-6-8-17(16)26(23)19(27)13-32-20(28)10-9-14-11-15(24)21(31-4)18(12-14)30-3/h5-12H,13H2,1-4H3,(H,25,29)/b10-9+. The number of para-hydroxylation sites is 2. The fraction of sp³-hybridized carbons (Fsp3) is 0.261. The molecule has 0 spiro atoms. The van der Waals surface area contributed by atoms with E-state index in [1.54, 1.807) is 50.2 Å². The molecule has 2 aromatic rings. The number of rotatable bonds is 6. The lowest BCUT2D eigenvalue weighted by Crippen LogP contribution is -2.59. The minimum Gasteiger partial charge on any atom is -0.493 e. The van der Waals surface area contributed by atoms with Crippen molar-refractivity contribution in [2.75, 3.05) is 31.0 Å². The number of carbonyl (C=O) groups is 3. The van der Waals surface area contributed by atoms with Gasteiger partial charge in [0.05, 0.1) is 30.6 Å². The Morgan fingerprint density at radius 3 is 2.56 bits per heavy atom. The third-order valence-corrected chi connectivity index (χ3v) is 5.24. The molecule has 0 aliphatic carbocycles. The predicted octanol–water partition coefficient (Wildman–Crippen LogP) is 3.68. The zero-order valence-electron chi connectivity index (χ0n) is 18.1. The molecule has 1 aliphatic heterocycles. The summed E-state index contributed by atoms with van der Waals surface area (Å²) >= 11 is 6.16. The van der Waals surface area contributed by atoms with E-state index in [9.17, 15) is 14.4 Å². The van der Waals surface area contributed by atoms with Crippen LogP contribution >= 0.6 is 11.6 Å². The van der Waals surface area contributed by atoms with E-state index < -0.39 is 24.0 Å². The normalized spacial score (nSPS) is 14.5. The molecule has 0 fully saturated rings. The molecule has 2 aromatic carbocycles. The second kappa shape index (κ2) is 9.32. The third kappa shape index (κ3) is 4.55. The highest BCUT2D eigenvalue weighted by Gasteiger charge is 2.43. The van der Waals surface area contributed by atoms with E-state index in [2.05, 4.69) is 5.32 Å². The number of hydrogen-bond donors (Lipinski definition) is 1. The number of hydrogen-bond acceptors (Lipinski definition) is 6. The fourth-order valence-corrected chi connectivity index (χ4v) is 3.64. The van der Waals surface area contributed by atoms with Gasteiger partial charge in [0.2, 0.25) is 5.91 Å². The van der Waals surface area contributed by atoms with E-state index in [1.165, 1.54) is 31.3 Å². The molecule has 0 unspecified atom stereocenters. The fourth-order valence-electron chi connectivity index (χ4n) is 3.34. The first-order chi connectivity index (χ1) is 15.2. The second-order valence-corrected chi connectivity index (χ2v) is 7.85. The first kappa shape index (κ1) is 23.1. The first-order valence-corrected chi connectivity index (χ1v) is 10.1. The molecule has 1 aliphatic rings. The third-order valence-electron chi connectivity index (χ3n) is 4.96. The molecular weight excluding hydrogens is 436 g/mol. The van der Waals surface area contributed by atoms with Crippen LogP contribution in [0.5, 0.6) is 11.5 Å². The molecule has 168 valence electrons. The Hall–Kier alpha value is -3.52. The van der Waals surface area contributed by atoms with E-state index in [0.29, 0.717) is 33.5 Å². The van der Waals surface area contributed by atoms with Crippen LogP contribution in [0.1, 0.15) is 19.4 Å². The average molecular weight is 459 g/mol. The number of anilines is 2. The number of nitrogens with zero attached hydrogens (tertiary/aromatic N) is 1. The highest BCUT2D eigenvalue weighted by molar-refractivity contribution is 6.32. The van der Waals surface area contributed by atoms with Crippen molar-refractivity contribution in [1.29, 1.82) is 0 Å². The van der Waals surface area contributed by atoms with Crippen LogP contribution in [0.15, 0.2) is 42.5 Å². The maximum Gasteiger partial charge on any atom is 0.331 e. The second-order valence-electron chi connectivity index (χ2n) is 7.44. The molecule has 0 atom stereocenters. The molecule has 0 radical (unpaired) electrons. The van der Waals surface area contributed by atoms with Crippen LogP contribution in [0.25, 0.3) is 6.08 Å². The molecule has 0 bridgehead atoms. The molecule has 9 heteroatoms. The van der Waals surface area contributed by atoms with Gasteiger partial charge in [-0.25, -0.2) is 4.79 Å². The van der Waals surface area contributed by atoms with Gasteiger partial charge in [0.1, 0.15) is 5.54 Å². The van der Waals surface area contributed by atoms with Gasteiger partial charge in [0.25, 0.3) is 5.91 Å². The summed E-state index contributed by atoms with van der Waals surface area (Å²) in [4.78, 5) is 38.9. The summed E-state index contributed by atoms with van der Waals surface area (Å²) in [6.07, 6.45) is 2.65. The Morgan fingerprint density at radius 2 is 1.88 bits per heavy atom. The van der Waals surface area contributed by atoms with Crippen LogP contribution in [-0.4, -0.2) is 44.1 Å². The average Bonchev–Trinajstić information content (AvgIpc) is 2.76. The van der Waals surface area contributed by atoms with Gasteiger partial charge in [-0.3, -0.25) is 14.5 Å². The van der Waals surface area contributed by atoms with E-state index >= 15 is 0 Å². The van der Waals surface area contributed by atoms with E-state index in [-0.39, 0.29) is 5.91 Å². The summed E-state index contributed by atoms with van der Waals surface area (Å²) in [7, 11) is 2.95. The lowest BCUT2D eigenvalue weighted by molar-refractivity contribution is -0.143. The highest BCUT2D eigenvalue weighted by atomic mass is 35.5. The Kier molecular flexibility index (Phi) is 6.74. The van der Waals surface area contributed by atoms with Crippen molar-refractivity contribution in [2.24, 2.45) is 0 Å². The van der Waals surface area contributed by atoms with Crippen molar-refractivity contribution in [3.05, 3.63) is 53.1 Å². The number of methoxy groups -OCH3 is 2. The van der Waals surface area contributed by atoms with Crippen LogP contribution in [0, 0.1) is 0 Å². The number of halogens is 1. The Labute approximate surface area is 190 Å². The van der Waals surface area contributed by atoms with Crippen LogP contribution in [-0.2, 0) is 19.1 Å². The van der Waals surface area contributed by atoms with E-state index in [1.807, 2.05) is 0 Å². The molecule has 8 nitrogen and oxygen atoms in total. The van der Waals surface area contributed by atoms with Crippen molar-refractivity contribution in [1.82, 2.24) is 0 Å². The molecule has 0 saturated carbocycles. The Balaban J connectivity index is 1.71. The van der Waals surface area contributed by atoms with Crippen molar-refractivity contribution < 1.29 is 28.6 Å². The molecule has 1 N–H and O–H groups in total. The van der Waals surface area contributed by atoms with Gasteiger partial charge in [-0.05, 0) is 49.8 Å². The predicted molar refractivity (Wildman–Crippen MR) is 121 cm³/mol. The minimum absolute atomic E-state index is 0.319. The maximum atomic E-state index is 12.9. The van der Waals surface area contributed by atoms with Crippen molar-refractivity contribution >= 4 is 46.8 Å². The zero-order valence-corrected chi connectivity index (χ0v) is 18.9. The molecule has 2 amide bonds. The van der Waals surface area contributed by atoms with Gasteiger partial charge < -0.3 is 19.5 Å². The number of carbonyl (C=O) groups excluding carboxylic acids is 3. The smallest absolute Gasteiger partial charge is 0.331 e. The molecule has 0 aromatic heterocycles. The van der Waals surface area contributed by atoms with Crippen LogP contribution in [0.3, 0.4) is 0 Å². The van der Waals surface area contributed by atoms with Crippen LogP contribution < -0.4 is 19.7 Å². The van der Waals surface area contributed by atoms with Crippen molar-refractivity contribution in [3.8, 4) is 11.5 Å². The van der Waals surface area contributed by atoms with Crippen LogP contribution in [0.2, 0.25) is 5.02 Å². The summed E-state index contributed by atoms with van der Waals surface area (Å²) in [5.74, 6) is -0.786. The number of esters is 1. The summed E-state index contributed by atoms with van der Waals surface area (Å²) in [6, 6.07) is 10.2. The van der Waals surface area contributed by atoms with Gasteiger partial charge in [-0.2, -0.15) is 0 Å². The van der Waals surface area contributed by atoms with Gasteiger partial charge in [0, 0.05) is 6.08 Å².